The molecular formula is C18H13BrN4O2. The van der Waals surface area contributed by atoms with E-state index in [0.29, 0.717) is 5.82 Å². The van der Waals surface area contributed by atoms with E-state index in [0.717, 1.165) is 20.9 Å². The van der Waals surface area contributed by atoms with Gasteiger partial charge in [0.25, 0.3) is 0 Å². The molecule has 124 valence electrons. The number of hydrogen-bond acceptors (Lipinski definition) is 5. The fraction of sp³-hybridized carbons (Fsp3) is 0. The van der Waals surface area contributed by atoms with Gasteiger partial charge in [-0.1, -0.05) is 46.3 Å². The van der Waals surface area contributed by atoms with Crippen LogP contribution in [-0.2, 0) is 4.79 Å². The van der Waals surface area contributed by atoms with Crippen molar-refractivity contribution in [3.8, 4) is 0 Å². The molecule has 0 unspecified atom stereocenters. The zero-order chi connectivity index (χ0) is 17.6. The van der Waals surface area contributed by atoms with Gasteiger partial charge < -0.3 is 5.11 Å². The number of anilines is 1. The monoisotopic (exact) mass is 396 g/mol. The van der Waals surface area contributed by atoms with Crippen LogP contribution in [0.25, 0.3) is 17.0 Å². The van der Waals surface area contributed by atoms with Crippen molar-refractivity contribution in [1.29, 1.82) is 0 Å². The van der Waals surface area contributed by atoms with Crippen molar-refractivity contribution < 1.29 is 9.90 Å². The molecule has 0 saturated heterocycles. The lowest BCUT2D eigenvalue weighted by atomic mass is 10.2. The van der Waals surface area contributed by atoms with Crippen molar-refractivity contribution >= 4 is 50.4 Å². The summed E-state index contributed by atoms with van der Waals surface area (Å²) in [5.74, 6) is -0.694. The predicted octanol–water partition coefficient (Wildman–Crippen LogP) is 3.96. The molecule has 25 heavy (non-hydrogen) atoms. The number of hydrazone groups is 1. The first-order chi connectivity index (χ1) is 12.1. The van der Waals surface area contributed by atoms with Crippen LogP contribution in [0, 0.1) is 0 Å². The van der Waals surface area contributed by atoms with Gasteiger partial charge in [-0.3, -0.25) is 5.43 Å². The molecule has 0 atom stereocenters. The lowest BCUT2D eigenvalue weighted by Crippen LogP contribution is -2.12. The zero-order valence-corrected chi connectivity index (χ0v) is 14.5. The Hall–Kier alpha value is -3.06. The minimum Gasteiger partial charge on any atom is -0.476 e. The third kappa shape index (κ3) is 4.27. The molecule has 1 heterocycles. The standard InChI is InChI=1S/C18H13BrN4O2/c19-13-8-5-12(6-9-13)7-10-16(18(24)25)22-23-17-14-3-1-2-4-15(14)20-11-21-17/h1-11H,(H,24,25)(H,20,21,23)/b10-7-,22-16?. The van der Waals surface area contributed by atoms with E-state index in [-0.39, 0.29) is 5.71 Å². The second kappa shape index (κ2) is 7.67. The molecule has 0 aliphatic rings. The van der Waals surface area contributed by atoms with Crippen molar-refractivity contribution in [2.24, 2.45) is 5.10 Å². The summed E-state index contributed by atoms with van der Waals surface area (Å²) in [5, 5.41) is 14.0. The average molecular weight is 397 g/mol. The summed E-state index contributed by atoms with van der Waals surface area (Å²) in [6.45, 7) is 0. The van der Waals surface area contributed by atoms with Crippen LogP contribution in [0.15, 0.2) is 70.5 Å². The Labute approximate surface area is 152 Å². The zero-order valence-electron chi connectivity index (χ0n) is 12.9. The number of halogens is 1. The Kier molecular flexibility index (Phi) is 5.15. The van der Waals surface area contributed by atoms with E-state index >= 15 is 0 Å². The maximum atomic E-state index is 11.4. The Morgan fingerprint density at radius 1 is 1.12 bits per heavy atom. The van der Waals surface area contributed by atoms with Gasteiger partial charge in [0.1, 0.15) is 6.33 Å². The van der Waals surface area contributed by atoms with Gasteiger partial charge in [-0.25, -0.2) is 14.8 Å². The first kappa shape index (κ1) is 16.8. The van der Waals surface area contributed by atoms with Crippen LogP contribution >= 0.6 is 15.9 Å². The number of para-hydroxylation sites is 1. The summed E-state index contributed by atoms with van der Waals surface area (Å²) in [7, 11) is 0. The molecule has 0 aliphatic carbocycles. The molecule has 7 heteroatoms. The Bertz CT molecular complexity index is 963. The fourth-order valence-corrected chi connectivity index (χ4v) is 2.38. The molecule has 2 aromatic carbocycles. The summed E-state index contributed by atoms with van der Waals surface area (Å²) in [6.07, 6.45) is 4.51. The van der Waals surface area contributed by atoms with Crippen LogP contribution in [0.1, 0.15) is 5.56 Å². The lowest BCUT2D eigenvalue weighted by Gasteiger charge is -2.04. The molecule has 2 N–H and O–H groups in total. The number of aliphatic carboxylic acids is 1. The van der Waals surface area contributed by atoms with Crippen molar-refractivity contribution in [3.05, 3.63) is 71.0 Å². The van der Waals surface area contributed by atoms with Crippen LogP contribution in [0.3, 0.4) is 0 Å². The minimum absolute atomic E-state index is 0.134. The number of benzene rings is 2. The second-order valence-electron chi connectivity index (χ2n) is 5.04. The normalized spacial score (nSPS) is 11.8. The average Bonchev–Trinajstić information content (AvgIpc) is 2.63. The van der Waals surface area contributed by atoms with Crippen LogP contribution < -0.4 is 5.43 Å². The summed E-state index contributed by atoms with van der Waals surface area (Å²) >= 11 is 3.36. The number of carboxylic acids is 1. The summed E-state index contributed by atoms with van der Waals surface area (Å²) in [4.78, 5) is 19.7. The van der Waals surface area contributed by atoms with E-state index in [4.69, 9.17) is 0 Å². The molecule has 3 aromatic rings. The van der Waals surface area contributed by atoms with Gasteiger partial charge in [-0.05, 0) is 35.9 Å². The van der Waals surface area contributed by atoms with Gasteiger partial charge in [0.15, 0.2) is 11.5 Å². The predicted molar refractivity (Wildman–Crippen MR) is 101 cm³/mol. The number of aromatic nitrogens is 2. The summed E-state index contributed by atoms with van der Waals surface area (Å²) in [6, 6.07) is 14.9. The van der Waals surface area contributed by atoms with Gasteiger partial charge in [-0.2, -0.15) is 5.10 Å². The molecule has 6 nitrogen and oxygen atoms in total. The van der Waals surface area contributed by atoms with Crippen LogP contribution in [0.4, 0.5) is 5.82 Å². The maximum absolute atomic E-state index is 11.4. The first-order valence-electron chi connectivity index (χ1n) is 7.34. The maximum Gasteiger partial charge on any atom is 0.356 e. The largest absolute Gasteiger partial charge is 0.476 e. The van der Waals surface area contributed by atoms with Crippen molar-refractivity contribution in [2.45, 2.75) is 0 Å². The highest BCUT2D eigenvalue weighted by Gasteiger charge is 2.07. The molecule has 0 amide bonds. The Morgan fingerprint density at radius 2 is 1.88 bits per heavy atom. The number of nitrogens with one attached hydrogen (secondary N) is 1. The van der Waals surface area contributed by atoms with E-state index in [2.05, 4.69) is 36.4 Å². The quantitative estimate of drug-likeness (QED) is 0.503. The number of hydrogen-bond donors (Lipinski definition) is 2. The first-order valence-corrected chi connectivity index (χ1v) is 8.13. The van der Waals surface area contributed by atoms with Crippen molar-refractivity contribution in [3.63, 3.8) is 0 Å². The highest BCUT2D eigenvalue weighted by Crippen LogP contribution is 2.18. The van der Waals surface area contributed by atoms with E-state index in [1.54, 1.807) is 6.08 Å². The van der Waals surface area contributed by atoms with Crippen LogP contribution in [0.5, 0.6) is 0 Å². The molecule has 0 saturated carbocycles. The third-order valence-electron chi connectivity index (χ3n) is 3.35. The van der Waals surface area contributed by atoms with Gasteiger partial charge >= 0.3 is 5.97 Å². The summed E-state index contributed by atoms with van der Waals surface area (Å²) < 4.78 is 0.953. The Morgan fingerprint density at radius 3 is 2.64 bits per heavy atom. The van der Waals surface area contributed by atoms with E-state index in [1.807, 2.05) is 48.5 Å². The van der Waals surface area contributed by atoms with E-state index in [1.165, 1.54) is 12.4 Å². The third-order valence-corrected chi connectivity index (χ3v) is 3.88. The molecule has 1 aromatic heterocycles. The number of rotatable bonds is 5. The van der Waals surface area contributed by atoms with Crippen LogP contribution in [-0.4, -0.2) is 26.8 Å². The molecule has 0 spiro atoms. The van der Waals surface area contributed by atoms with Gasteiger partial charge in [0.05, 0.1) is 5.52 Å². The number of carboxylic acid groups (broad SMARTS) is 1. The van der Waals surface area contributed by atoms with Gasteiger partial charge in [0, 0.05) is 9.86 Å². The molecule has 0 bridgehead atoms. The van der Waals surface area contributed by atoms with Crippen molar-refractivity contribution in [1.82, 2.24) is 9.97 Å². The molecular weight excluding hydrogens is 384 g/mol. The topological polar surface area (TPSA) is 87.5 Å². The fourth-order valence-electron chi connectivity index (χ4n) is 2.11. The molecule has 0 aliphatic heterocycles. The minimum atomic E-state index is -1.14. The van der Waals surface area contributed by atoms with E-state index in [9.17, 15) is 9.90 Å². The SMILES string of the molecule is O=C(O)C(/C=C\c1ccc(Br)cc1)=NNc1ncnc2ccccc12. The highest BCUT2D eigenvalue weighted by molar-refractivity contribution is 9.10. The number of nitrogens with zero attached hydrogens (tertiary/aromatic N) is 3. The smallest absolute Gasteiger partial charge is 0.356 e. The molecule has 0 fully saturated rings. The Balaban J connectivity index is 1.85. The van der Waals surface area contributed by atoms with Crippen LogP contribution in [0.2, 0.25) is 0 Å². The number of fused-ring (bicyclic) bond motifs is 1. The van der Waals surface area contributed by atoms with Gasteiger partial charge in [0.2, 0.25) is 0 Å². The molecule has 3 rings (SSSR count). The number of carbonyl (C=O) groups is 1. The van der Waals surface area contributed by atoms with Crippen molar-refractivity contribution in [2.75, 3.05) is 5.43 Å². The van der Waals surface area contributed by atoms with Gasteiger partial charge in [-0.15, -0.1) is 0 Å². The van der Waals surface area contributed by atoms with E-state index < -0.39 is 5.97 Å². The second-order valence-corrected chi connectivity index (χ2v) is 5.95. The summed E-state index contributed by atoms with van der Waals surface area (Å²) in [5.41, 5.74) is 4.19. The highest BCUT2D eigenvalue weighted by atomic mass is 79.9. The molecule has 0 radical (unpaired) electrons. The lowest BCUT2D eigenvalue weighted by molar-refractivity contribution is -0.129.